The number of nitrogens with zero attached hydrogens (tertiary/aromatic N) is 1. The predicted octanol–water partition coefficient (Wildman–Crippen LogP) is 0.948. The third-order valence-electron chi connectivity index (χ3n) is 3.26. The third-order valence-corrected chi connectivity index (χ3v) is 3.26. The van der Waals surface area contributed by atoms with Crippen LogP contribution >= 0.6 is 0 Å². The van der Waals surface area contributed by atoms with Gasteiger partial charge in [0.1, 0.15) is 6.73 Å². The maximum atomic E-state index is 11.9. The number of amides is 2. The van der Waals surface area contributed by atoms with Crippen LogP contribution in [0.25, 0.3) is 0 Å². The number of hydrogen-bond acceptors (Lipinski definition) is 5. The number of nitrogens with one attached hydrogen (secondary N) is 2. The molecule has 20 heavy (non-hydrogen) atoms. The van der Waals surface area contributed by atoms with Crippen LogP contribution in [0, 0.1) is 0 Å². The Bertz CT molecular complexity index is 358. The van der Waals surface area contributed by atoms with Crippen LogP contribution in [0.3, 0.4) is 0 Å². The van der Waals surface area contributed by atoms with E-state index in [1.54, 1.807) is 0 Å². The Morgan fingerprint density at radius 3 is 2.85 bits per heavy atom. The van der Waals surface area contributed by atoms with Crippen molar-refractivity contribution in [1.82, 2.24) is 15.7 Å². The van der Waals surface area contributed by atoms with E-state index in [4.69, 9.17) is 4.84 Å². The summed E-state index contributed by atoms with van der Waals surface area (Å²) in [6.07, 6.45) is 2.72. The largest absolute Gasteiger partial charge is 0.295 e. The summed E-state index contributed by atoms with van der Waals surface area (Å²) in [4.78, 5) is 30.4. The second-order valence-electron chi connectivity index (χ2n) is 4.99. The molecular weight excluding hydrogens is 258 g/mol. The van der Waals surface area contributed by atoms with Crippen molar-refractivity contribution in [2.45, 2.75) is 45.6 Å². The number of imide groups is 1. The van der Waals surface area contributed by atoms with Crippen LogP contribution in [0.2, 0.25) is 0 Å². The molecule has 0 saturated carbocycles. The molecule has 0 radical (unpaired) electrons. The highest BCUT2D eigenvalue weighted by Gasteiger charge is 2.31. The van der Waals surface area contributed by atoms with Gasteiger partial charge in [-0.1, -0.05) is 26.0 Å². The van der Waals surface area contributed by atoms with Gasteiger partial charge in [-0.05, 0) is 19.3 Å². The van der Waals surface area contributed by atoms with Crippen LogP contribution < -0.4 is 10.8 Å². The molecule has 1 saturated heterocycles. The average molecular weight is 283 g/mol. The standard InChI is InChI=1S/C14H25N3O3/c1-4-8-15-20-10-17(9-11(3)5-2)12-6-7-13(18)16-14(12)19/h12,15H,3-10H2,1-2H3,(H,16,18,19). The van der Waals surface area contributed by atoms with E-state index in [1.807, 2.05) is 18.7 Å². The highest BCUT2D eigenvalue weighted by molar-refractivity contribution is 6.00. The Balaban J connectivity index is 2.58. The predicted molar refractivity (Wildman–Crippen MR) is 76.6 cm³/mol. The van der Waals surface area contributed by atoms with Crippen molar-refractivity contribution in [3.63, 3.8) is 0 Å². The molecule has 0 aromatic rings. The van der Waals surface area contributed by atoms with Gasteiger partial charge in [0.25, 0.3) is 0 Å². The quantitative estimate of drug-likeness (QED) is 0.217. The van der Waals surface area contributed by atoms with E-state index in [0.29, 0.717) is 26.1 Å². The summed E-state index contributed by atoms with van der Waals surface area (Å²) in [6, 6.07) is -0.334. The van der Waals surface area contributed by atoms with Crippen molar-refractivity contribution in [3.8, 4) is 0 Å². The Morgan fingerprint density at radius 2 is 2.25 bits per heavy atom. The molecule has 1 aliphatic heterocycles. The van der Waals surface area contributed by atoms with Crippen molar-refractivity contribution in [2.24, 2.45) is 0 Å². The Hall–Kier alpha value is -1.24. The molecule has 6 nitrogen and oxygen atoms in total. The SMILES string of the molecule is C=C(CC)CN(CONCCC)C1CCC(=O)NC1=O. The summed E-state index contributed by atoms with van der Waals surface area (Å²) >= 11 is 0. The van der Waals surface area contributed by atoms with Crippen molar-refractivity contribution in [1.29, 1.82) is 0 Å². The molecule has 0 aromatic carbocycles. The number of rotatable bonds is 9. The molecule has 1 fully saturated rings. The molecule has 1 heterocycles. The fourth-order valence-electron chi connectivity index (χ4n) is 1.98. The van der Waals surface area contributed by atoms with Crippen molar-refractivity contribution in [3.05, 3.63) is 12.2 Å². The third kappa shape index (κ3) is 5.40. The summed E-state index contributed by atoms with van der Waals surface area (Å²) in [7, 11) is 0. The van der Waals surface area contributed by atoms with Gasteiger partial charge in [0.05, 0.1) is 6.04 Å². The zero-order valence-corrected chi connectivity index (χ0v) is 12.4. The first-order valence-electron chi connectivity index (χ1n) is 7.17. The van der Waals surface area contributed by atoms with Gasteiger partial charge in [0, 0.05) is 19.5 Å². The van der Waals surface area contributed by atoms with Crippen molar-refractivity contribution < 1.29 is 14.4 Å². The van der Waals surface area contributed by atoms with Gasteiger partial charge in [0.15, 0.2) is 0 Å². The summed E-state index contributed by atoms with van der Waals surface area (Å²) in [5, 5.41) is 2.38. The topological polar surface area (TPSA) is 70.7 Å². The van der Waals surface area contributed by atoms with E-state index < -0.39 is 0 Å². The Kier molecular flexibility index (Phi) is 7.43. The van der Waals surface area contributed by atoms with Crippen LogP contribution in [-0.4, -0.2) is 42.6 Å². The number of carbonyl (C=O) groups excluding carboxylic acids is 2. The highest BCUT2D eigenvalue weighted by Crippen LogP contribution is 2.14. The monoisotopic (exact) mass is 283 g/mol. The minimum Gasteiger partial charge on any atom is -0.295 e. The lowest BCUT2D eigenvalue weighted by Crippen LogP contribution is -2.53. The molecule has 0 aliphatic carbocycles. The number of hydrogen-bond donors (Lipinski definition) is 2. The van der Waals surface area contributed by atoms with Crippen LogP contribution in [-0.2, 0) is 14.4 Å². The molecule has 0 spiro atoms. The summed E-state index contributed by atoms with van der Waals surface area (Å²) in [6.45, 7) is 9.71. The first-order valence-corrected chi connectivity index (χ1v) is 7.17. The second kappa shape index (κ2) is 8.84. The molecule has 2 N–H and O–H groups in total. The fourth-order valence-corrected chi connectivity index (χ4v) is 1.98. The van der Waals surface area contributed by atoms with E-state index in [1.165, 1.54) is 0 Å². The van der Waals surface area contributed by atoms with E-state index >= 15 is 0 Å². The second-order valence-corrected chi connectivity index (χ2v) is 4.99. The molecule has 1 atom stereocenters. The van der Waals surface area contributed by atoms with E-state index in [2.05, 4.69) is 17.4 Å². The zero-order valence-electron chi connectivity index (χ0n) is 12.4. The molecule has 1 rings (SSSR count). The van der Waals surface area contributed by atoms with Crippen LogP contribution in [0.1, 0.15) is 39.5 Å². The van der Waals surface area contributed by atoms with Gasteiger partial charge in [-0.2, -0.15) is 0 Å². The molecule has 114 valence electrons. The summed E-state index contributed by atoms with van der Waals surface area (Å²) in [5.74, 6) is -0.449. The van der Waals surface area contributed by atoms with Gasteiger partial charge in [-0.15, -0.1) is 0 Å². The minimum atomic E-state index is -0.334. The summed E-state index contributed by atoms with van der Waals surface area (Å²) in [5.41, 5.74) is 3.89. The fraction of sp³-hybridized carbons (Fsp3) is 0.714. The highest BCUT2D eigenvalue weighted by atomic mass is 16.7. The van der Waals surface area contributed by atoms with Crippen molar-refractivity contribution >= 4 is 11.8 Å². The lowest BCUT2D eigenvalue weighted by atomic mass is 10.0. The van der Waals surface area contributed by atoms with Crippen LogP contribution in [0.4, 0.5) is 0 Å². The van der Waals surface area contributed by atoms with Gasteiger partial charge in [-0.3, -0.25) is 24.6 Å². The Labute approximate surface area is 120 Å². The van der Waals surface area contributed by atoms with Crippen LogP contribution in [0.5, 0.6) is 0 Å². The van der Waals surface area contributed by atoms with Gasteiger partial charge in [-0.25, -0.2) is 5.48 Å². The lowest BCUT2D eigenvalue weighted by molar-refractivity contribution is -0.140. The maximum Gasteiger partial charge on any atom is 0.243 e. The molecule has 0 aromatic heterocycles. The van der Waals surface area contributed by atoms with E-state index in [0.717, 1.165) is 25.0 Å². The van der Waals surface area contributed by atoms with E-state index in [-0.39, 0.29) is 17.9 Å². The van der Waals surface area contributed by atoms with Crippen molar-refractivity contribution in [2.75, 3.05) is 19.8 Å². The number of hydroxylamine groups is 1. The number of carbonyl (C=O) groups is 2. The molecule has 0 bridgehead atoms. The molecule has 1 unspecified atom stereocenters. The van der Waals surface area contributed by atoms with Crippen LogP contribution in [0.15, 0.2) is 12.2 Å². The normalized spacial score (nSPS) is 19.2. The smallest absolute Gasteiger partial charge is 0.243 e. The zero-order chi connectivity index (χ0) is 15.0. The Morgan fingerprint density at radius 1 is 1.50 bits per heavy atom. The lowest BCUT2D eigenvalue weighted by Gasteiger charge is -2.32. The average Bonchev–Trinajstić information content (AvgIpc) is 2.42. The molecular formula is C14H25N3O3. The first-order chi connectivity index (χ1) is 9.58. The van der Waals surface area contributed by atoms with Gasteiger partial charge in [0.2, 0.25) is 11.8 Å². The molecule has 1 aliphatic rings. The molecule has 6 heteroatoms. The van der Waals surface area contributed by atoms with Gasteiger partial charge >= 0.3 is 0 Å². The van der Waals surface area contributed by atoms with Gasteiger partial charge < -0.3 is 0 Å². The summed E-state index contributed by atoms with van der Waals surface area (Å²) < 4.78 is 0. The first kappa shape index (κ1) is 16.8. The number of piperidine rings is 1. The minimum absolute atomic E-state index is 0.203. The molecule has 2 amide bonds. The van der Waals surface area contributed by atoms with E-state index in [9.17, 15) is 9.59 Å². The maximum absolute atomic E-state index is 11.9.